The van der Waals surface area contributed by atoms with Gasteiger partial charge in [-0.1, -0.05) is 109 Å². The molecule has 31 heteroatoms. The van der Waals surface area contributed by atoms with E-state index in [9.17, 15) is 88.2 Å². The number of amides is 11. The summed E-state index contributed by atoms with van der Waals surface area (Å²) in [6, 6.07) is -8.17. The molecule has 0 bridgehead atoms. The summed E-state index contributed by atoms with van der Waals surface area (Å²) in [5, 5.41) is 88.4. The summed E-state index contributed by atoms with van der Waals surface area (Å²) in [4.78, 5) is 159. The van der Waals surface area contributed by atoms with Gasteiger partial charge < -0.3 is 99.6 Å². The lowest BCUT2D eigenvalue weighted by Crippen LogP contribution is -2.62. The number of nitrogens with one attached hydrogen (secondary N) is 11. The molecular formula is C62H100N12O19. The van der Waals surface area contributed by atoms with Gasteiger partial charge in [-0.25, -0.2) is 0 Å². The van der Waals surface area contributed by atoms with Crippen molar-refractivity contribution in [2.45, 2.75) is 210 Å². The molecule has 1 aliphatic heterocycles. The normalized spacial score (nSPS) is 19.2. The fraction of sp³-hybridized carbons (Fsp3) is 0.645. The molecule has 1 heterocycles. The van der Waals surface area contributed by atoms with Crippen molar-refractivity contribution in [3.05, 3.63) is 54.3 Å². The number of unbranched alkanes of at least 4 members (excludes halogenated alkanes) is 11. The Hall–Kier alpha value is -8.10. The molecule has 0 radical (unpaired) electrons. The van der Waals surface area contributed by atoms with Crippen molar-refractivity contribution >= 4 is 70.9 Å². The maximum Gasteiger partial charge on any atom is 0.307 e. The molecule has 0 saturated carbocycles. The second kappa shape index (κ2) is 44.4. The summed E-state index contributed by atoms with van der Waals surface area (Å²) < 4.78 is 5.21. The number of benzene rings is 1. The van der Waals surface area contributed by atoms with Gasteiger partial charge >= 0.3 is 5.97 Å². The number of allylic oxidation sites excluding steroid dienone is 2. The highest BCUT2D eigenvalue weighted by molar-refractivity contribution is 6.01. The van der Waals surface area contributed by atoms with Crippen molar-refractivity contribution in [3.8, 4) is 5.75 Å². The van der Waals surface area contributed by atoms with Crippen molar-refractivity contribution in [2.24, 2.45) is 11.7 Å². The molecule has 1 aromatic rings. The summed E-state index contributed by atoms with van der Waals surface area (Å²) >= 11 is 0. The van der Waals surface area contributed by atoms with Crippen LogP contribution in [0.3, 0.4) is 0 Å². The first kappa shape index (κ1) is 81.0. The maximum absolute atomic E-state index is 14.1. The standard InChI is InChI=1S/C62H100N12O19/c1-7-8-9-10-11-12-13-14-15-16-17-18-19-20-21-22-42(63)53(83)62(92)73-50(39(6)77)60(90)74-51(52(82)40-23-25-41(78)26-24-40)61(91)71-45(35-76)58(88)70-43(28-31-75)56(86)66-34-47(80)69-44-29-32-93-48(81)27-30-64-54(84)37(4)67-46(79)33-65-55(85)38(5)68-59(89)49(36(2)3)72-57(44)87/h12-13,23-26,36-37,39,42-45,49-53,75-78,82-83H,5,7-11,14-22,27-35,63H2,1-4,6H3,(H,64,84)(H,65,85)(H,66,86)(H,67,79)(H,68,89)(H,69,80)(H,70,88)(H,71,91)(H,72,87)(H,73,92)(H,74,90)/b13-12-/t37-,39-,42+,43+,44-,45+,49+,50+,51+,52+,53+/m1/s1. The first-order valence-electron chi connectivity index (χ1n) is 31.7. The number of esters is 1. The molecule has 1 fully saturated rings. The number of rotatable bonds is 35. The fourth-order valence-electron chi connectivity index (χ4n) is 9.27. The number of hydrogen-bond acceptors (Lipinski definition) is 20. The van der Waals surface area contributed by atoms with E-state index in [1.165, 1.54) is 58.6 Å². The number of cyclic esters (lactones) is 1. The van der Waals surface area contributed by atoms with E-state index in [4.69, 9.17) is 10.5 Å². The van der Waals surface area contributed by atoms with Gasteiger partial charge in [0.15, 0.2) is 0 Å². The van der Waals surface area contributed by atoms with Crippen LogP contribution in [0, 0.1) is 5.92 Å². The number of aliphatic hydroxyl groups is 5. The van der Waals surface area contributed by atoms with Crippen LogP contribution in [-0.4, -0.2) is 202 Å². The van der Waals surface area contributed by atoms with Crippen molar-refractivity contribution in [3.63, 3.8) is 0 Å². The lowest BCUT2D eigenvalue weighted by atomic mass is 9.99. The van der Waals surface area contributed by atoms with E-state index >= 15 is 0 Å². The average Bonchev–Trinajstić information content (AvgIpc) is 1.62. The first-order valence-corrected chi connectivity index (χ1v) is 31.7. The Bertz CT molecular complexity index is 2640. The summed E-state index contributed by atoms with van der Waals surface area (Å²) in [6.45, 7) is 6.95. The van der Waals surface area contributed by atoms with Crippen LogP contribution in [0.2, 0.25) is 0 Å². The smallest absolute Gasteiger partial charge is 0.307 e. The number of nitrogens with two attached hydrogens (primary N) is 1. The molecule has 1 aromatic carbocycles. The highest BCUT2D eigenvalue weighted by Crippen LogP contribution is 2.21. The minimum Gasteiger partial charge on any atom is -0.508 e. The molecule has 11 amide bonds. The van der Waals surface area contributed by atoms with E-state index in [1.807, 2.05) is 0 Å². The van der Waals surface area contributed by atoms with Crippen LogP contribution in [0.5, 0.6) is 5.75 Å². The van der Waals surface area contributed by atoms with Crippen LogP contribution < -0.4 is 64.2 Å². The van der Waals surface area contributed by atoms with Gasteiger partial charge in [0.2, 0.25) is 53.2 Å². The summed E-state index contributed by atoms with van der Waals surface area (Å²) in [5.41, 5.74) is 5.57. The van der Waals surface area contributed by atoms with Crippen LogP contribution in [0.1, 0.15) is 155 Å². The predicted molar refractivity (Wildman–Crippen MR) is 338 cm³/mol. The minimum atomic E-state index is -2.10. The zero-order chi connectivity index (χ0) is 69.6. The number of aromatic hydroxyl groups is 1. The topological polar surface area (TPSA) is 494 Å². The van der Waals surface area contributed by atoms with Crippen molar-refractivity contribution in [1.29, 1.82) is 0 Å². The quantitative estimate of drug-likeness (QED) is 0.0142. The fourth-order valence-corrected chi connectivity index (χ4v) is 9.27. The molecule has 0 aromatic heterocycles. The molecule has 31 nitrogen and oxygen atoms in total. The van der Waals surface area contributed by atoms with Crippen LogP contribution in [0.15, 0.2) is 48.7 Å². The number of aliphatic hydroxyl groups excluding tert-OH is 5. The van der Waals surface area contributed by atoms with Gasteiger partial charge in [-0.2, -0.15) is 0 Å². The van der Waals surface area contributed by atoms with Crippen LogP contribution in [0.25, 0.3) is 0 Å². The Morgan fingerprint density at radius 1 is 0.710 bits per heavy atom. The third-order valence-electron chi connectivity index (χ3n) is 14.9. The Kier molecular flexibility index (Phi) is 38.7. The second-order valence-corrected chi connectivity index (χ2v) is 23.1. The van der Waals surface area contributed by atoms with Gasteiger partial charge in [0.05, 0.1) is 44.5 Å². The van der Waals surface area contributed by atoms with Gasteiger partial charge in [-0.05, 0) is 76.0 Å². The van der Waals surface area contributed by atoms with E-state index in [0.717, 1.165) is 70.4 Å². The Morgan fingerprint density at radius 3 is 1.90 bits per heavy atom. The number of hydrogen-bond donors (Lipinski definition) is 18. The molecular weight excluding hydrogens is 1220 g/mol. The van der Waals surface area contributed by atoms with Crippen LogP contribution >= 0.6 is 0 Å². The zero-order valence-corrected chi connectivity index (χ0v) is 53.9. The molecule has 1 aliphatic rings. The second-order valence-electron chi connectivity index (χ2n) is 23.1. The largest absolute Gasteiger partial charge is 0.508 e. The third-order valence-corrected chi connectivity index (χ3v) is 14.9. The lowest BCUT2D eigenvalue weighted by molar-refractivity contribution is -0.144. The van der Waals surface area contributed by atoms with E-state index < -0.39 is 195 Å². The molecule has 522 valence electrons. The van der Waals surface area contributed by atoms with Gasteiger partial charge in [0, 0.05) is 25.6 Å². The van der Waals surface area contributed by atoms with Gasteiger partial charge in [-0.15, -0.1) is 0 Å². The van der Waals surface area contributed by atoms with E-state index in [-0.39, 0.29) is 30.7 Å². The summed E-state index contributed by atoms with van der Waals surface area (Å²) in [6.07, 6.45) is 11.7. The highest BCUT2D eigenvalue weighted by Gasteiger charge is 2.38. The monoisotopic (exact) mass is 1320 g/mol. The van der Waals surface area contributed by atoms with Gasteiger partial charge in [0.25, 0.3) is 11.8 Å². The van der Waals surface area contributed by atoms with E-state index in [2.05, 4.69) is 84.1 Å². The van der Waals surface area contributed by atoms with Gasteiger partial charge in [-0.3, -0.25) is 57.5 Å². The minimum absolute atomic E-state index is 0.0854. The van der Waals surface area contributed by atoms with Gasteiger partial charge in [0.1, 0.15) is 60.3 Å². The molecule has 1 saturated heterocycles. The van der Waals surface area contributed by atoms with E-state index in [0.29, 0.717) is 6.42 Å². The molecule has 0 unspecified atom stereocenters. The molecule has 93 heavy (non-hydrogen) atoms. The van der Waals surface area contributed by atoms with Crippen LogP contribution in [-0.2, 0) is 62.3 Å². The maximum atomic E-state index is 14.1. The van der Waals surface area contributed by atoms with Crippen molar-refractivity contribution in [1.82, 2.24) is 58.5 Å². The third kappa shape index (κ3) is 31.4. The number of ether oxygens (including phenoxy) is 1. The molecule has 11 atom stereocenters. The first-order chi connectivity index (χ1) is 44.1. The number of carbonyl (C=O) groups is 12. The van der Waals surface area contributed by atoms with Crippen LogP contribution in [0.4, 0.5) is 0 Å². The lowest BCUT2D eigenvalue weighted by Gasteiger charge is -2.29. The average molecular weight is 1320 g/mol. The number of phenols is 1. The molecule has 19 N–H and O–H groups in total. The Morgan fingerprint density at radius 2 is 1.30 bits per heavy atom. The van der Waals surface area contributed by atoms with Crippen molar-refractivity contribution in [2.75, 3.05) is 39.5 Å². The summed E-state index contributed by atoms with van der Waals surface area (Å²) in [5.74, 6) is -13.4. The number of carbonyl (C=O) groups excluding carboxylic acids is 12. The Labute approximate surface area is 542 Å². The SMILES string of the molecule is C=C1NC(=O)[C@H](C(C)C)NC(=O)[C@H](NC(=O)CNC(=O)[C@H](CCO)NC(=O)[C@H](CO)NC(=O)[C@@H](NC(=O)[C@@H](NC(=O)[C@@H](O)[C@@H](N)CCCCCCCCC/C=C\CCCCCC)[C@@H](C)O)[C@@H](O)c2ccc(O)cc2)CCOC(=O)CCNC(=O)[C@@H](C)NC(=O)CNC1=O. The van der Waals surface area contributed by atoms with Crippen molar-refractivity contribution < 1.29 is 92.9 Å². The Balaban J connectivity index is 2.19. The zero-order valence-electron chi connectivity index (χ0n) is 53.9. The predicted octanol–water partition coefficient (Wildman–Crippen LogP) is -2.71. The molecule has 0 spiro atoms. The van der Waals surface area contributed by atoms with E-state index in [1.54, 1.807) is 0 Å². The number of phenolic OH excluding ortho intramolecular Hbond substituents is 1. The highest BCUT2D eigenvalue weighted by atomic mass is 16.5. The summed E-state index contributed by atoms with van der Waals surface area (Å²) in [7, 11) is 0. The molecule has 2 rings (SSSR count). The molecule has 0 aliphatic carbocycles.